The number of nitrogens with zero attached hydrogens (tertiary/aromatic N) is 1. The second kappa shape index (κ2) is 7.00. The lowest BCUT2D eigenvalue weighted by Crippen LogP contribution is -2.50. The average molecular weight is 295 g/mol. The molecule has 124 valence electrons. The van der Waals surface area contributed by atoms with Crippen LogP contribution in [0.5, 0.6) is 0 Å². The van der Waals surface area contributed by atoms with Crippen LogP contribution in [0.15, 0.2) is 0 Å². The number of hydrogen-bond donors (Lipinski definition) is 1. The minimum absolute atomic E-state index is 0.483. The number of nitrogens with two attached hydrogens (primary N) is 1. The van der Waals surface area contributed by atoms with Gasteiger partial charge >= 0.3 is 0 Å². The van der Waals surface area contributed by atoms with E-state index in [0.29, 0.717) is 11.5 Å². The lowest BCUT2D eigenvalue weighted by Gasteiger charge is -2.44. The fraction of sp³-hybridized carbons (Fsp3) is 1.00. The van der Waals surface area contributed by atoms with Crippen molar-refractivity contribution in [3.63, 3.8) is 0 Å². The number of rotatable bonds is 4. The van der Waals surface area contributed by atoms with E-state index in [-0.39, 0.29) is 0 Å². The van der Waals surface area contributed by atoms with Gasteiger partial charge in [-0.25, -0.2) is 0 Å². The van der Waals surface area contributed by atoms with Crippen LogP contribution in [0.25, 0.3) is 0 Å². The fourth-order valence-electron chi connectivity index (χ4n) is 4.91. The molecule has 2 heteroatoms. The van der Waals surface area contributed by atoms with Gasteiger partial charge in [-0.05, 0) is 68.2 Å². The molecule has 2 fully saturated rings. The van der Waals surface area contributed by atoms with E-state index in [1.54, 1.807) is 0 Å². The summed E-state index contributed by atoms with van der Waals surface area (Å²) in [6, 6.07) is 1.42. The van der Waals surface area contributed by atoms with Gasteiger partial charge in [-0.15, -0.1) is 0 Å². The fourth-order valence-corrected chi connectivity index (χ4v) is 4.91. The molecule has 1 saturated carbocycles. The zero-order valence-electron chi connectivity index (χ0n) is 15.1. The first kappa shape index (κ1) is 17.3. The van der Waals surface area contributed by atoms with Crippen LogP contribution in [0, 0.1) is 23.2 Å². The second-order valence-corrected chi connectivity index (χ2v) is 8.97. The molecule has 1 aliphatic carbocycles. The second-order valence-electron chi connectivity index (χ2n) is 8.97. The van der Waals surface area contributed by atoms with E-state index in [0.717, 1.165) is 30.3 Å². The molecule has 21 heavy (non-hydrogen) atoms. The van der Waals surface area contributed by atoms with Crippen LogP contribution in [-0.4, -0.2) is 30.1 Å². The monoisotopic (exact) mass is 294 g/mol. The molecule has 0 aromatic carbocycles. The Bertz CT molecular complexity index is 310. The Labute approximate surface area is 132 Å². The van der Waals surface area contributed by atoms with Gasteiger partial charge in [-0.2, -0.15) is 0 Å². The summed E-state index contributed by atoms with van der Waals surface area (Å²) in [7, 11) is 0. The highest BCUT2D eigenvalue weighted by Crippen LogP contribution is 2.42. The van der Waals surface area contributed by atoms with Crippen LogP contribution in [0.1, 0.15) is 73.1 Å². The van der Waals surface area contributed by atoms with Crippen molar-refractivity contribution in [2.45, 2.75) is 85.2 Å². The normalized spacial score (nSPS) is 33.6. The minimum Gasteiger partial charge on any atom is -0.329 e. The standard InChI is InChI=1S/C19H38N2/c1-14(2)17-7-6-12-21(17)18(13-20)15-8-10-16(11-9-15)19(3,4)5/h14-18H,6-13,20H2,1-5H3. The van der Waals surface area contributed by atoms with Gasteiger partial charge in [0.2, 0.25) is 0 Å². The largest absolute Gasteiger partial charge is 0.329 e. The van der Waals surface area contributed by atoms with Gasteiger partial charge in [-0.3, -0.25) is 4.90 Å². The molecule has 2 nitrogen and oxygen atoms in total. The van der Waals surface area contributed by atoms with Crippen molar-refractivity contribution in [3.8, 4) is 0 Å². The Morgan fingerprint density at radius 1 is 1.05 bits per heavy atom. The smallest absolute Gasteiger partial charge is 0.0249 e. The van der Waals surface area contributed by atoms with Crippen LogP contribution in [-0.2, 0) is 0 Å². The van der Waals surface area contributed by atoms with E-state index in [9.17, 15) is 0 Å². The topological polar surface area (TPSA) is 29.3 Å². The summed E-state index contributed by atoms with van der Waals surface area (Å²) in [6.07, 6.45) is 8.36. The summed E-state index contributed by atoms with van der Waals surface area (Å²) < 4.78 is 0. The van der Waals surface area contributed by atoms with Gasteiger partial charge in [0.15, 0.2) is 0 Å². The van der Waals surface area contributed by atoms with Crippen molar-refractivity contribution in [2.24, 2.45) is 28.9 Å². The van der Waals surface area contributed by atoms with Crippen molar-refractivity contribution in [2.75, 3.05) is 13.1 Å². The first-order valence-corrected chi connectivity index (χ1v) is 9.30. The van der Waals surface area contributed by atoms with Crippen molar-refractivity contribution in [1.29, 1.82) is 0 Å². The van der Waals surface area contributed by atoms with E-state index >= 15 is 0 Å². The zero-order chi connectivity index (χ0) is 15.6. The molecular weight excluding hydrogens is 256 g/mol. The van der Waals surface area contributed by atoms with Gasteiger partial charge < -0.3 is 5.73 Å². The molecule has 1 saturated heterocycles. The Morgan fingerprint density at radius 2 is 1.67 bits per heavy atom. The number of likely N-dealkylation sites (tertiary alicyclic amines) is 1. The third-order valence-corrected chi connectivity index (χ3v) is 6.32. The summed E-state index contributed by atoms with van der Waals surface area (Å²) in [5, 5.41) is 0. The van der Waals surface area contributed by atoms with Crippen molar-refractivity contribution in [1.82, 2.24) is 4.90 Å². The van der Waals surface area contributed by atoms with E-state index in [1.165, 1.54) is 45.1 Å². The SMILES string of the molecule is CC(C)C1CCCN1C(CN)C1CCC(C(C)(C)C)CC1. The minimum atomic E-state index is 0.483. The van der Waals surface area contributed by atoms with E-state index in [2.05, 4.69) is 39.5 Å². The van der Waals surface area contributed by atoms with E-state index in [4.69, 9.17) is 5.73 Å². The first-order chi connectivity index (χ1) is 9.84. The third kappa shape index (κ3) is 4.01. The Kier molecular flexibility index (Phi) is 5.76. The molecule has 1 aliphatic heterocycles. The van der Waals surface area contributed by atoms with Crippen LogP contribution < -0.4 is 5.73 Å². The maximum absolute atomic E-state index is 6.22. The molecule has 2 N–H and O–H groups in total. The maximum atomic E-state index is 6.22. The molecule has 1 heterocycles. The maximum Gasteiger partial charge on any atom is 0.0249 e. The highest BCUT2D eigenvalue weighted by atomic mass is 15.2. The molecular formula is C19H38N2. The van der Waals surface area contributed by atoms with Crippen molar-refractivity contribution >= 4 is 0 Å². The predicted molar refractivity (Wildman–Crippen MR) is 92.3 cm³/mol. The van der Waals surface area contributed by atoms with Crippen molar-refractivity contribution < 1.29 is 0 Å². The van der Waals surface area contributed by atoms with Crippen LogP contribution in [0.2, 0.25) is 0 Å². The summed E-state index contributed by atoms with van der Waals surface area (Å²) in [6.45, 7) is 14.1. The van der Waals surface area contributed by atoms with Gasteiger partial charge in [0, 0.05) is 18.6 Å². The third-order valence-electron chi connectivity index (χ3n) is 6.32. The highest BCUT2D eigenvalue weighted by molar-refractivity contribution is 4.93. The van der Waals surface area contributed by atoms with Gasteiger partial charge in [0.1, 0.15) is 0 Å². The summed E-state index contributed by atoms with van der Waals surface area (Å²) in [5.74, 6) is 2.52. The molecule has 0 spiro atoms. The van der Waals surface area contributed by atoms with Crippen molar-refractivity contribution in [3.05, 3.63) is 0 Å². The van der Waals surface area contributed by atoms with Gasteiger partial charge in [-0.1, -0.05) is 34.6 Å². The van der Waals surface area contributed by atoms with E-state index < -0.39 is 0 Å². The van der Waals surface area contributed by atoms with E-state index in [1.807, 2.05) is 0 Å². The molecule has 0 amide bonds. The molecule has 0 bridgehead atoms. The lowest BCUT2D eigenvalue weighted by atomic mass is 9.68. The molecule has 0 radical (unpaired) electrons. The quantitative estimate of drug-likeness (QED) is 0.838. The Hall–Kier alpha value is -0.0800. The molecule has 0 aromatic heterocycles. The molecule has 0 aromatic rings. The molecule has 2 aliphatic rings. The summed E-state index contributed by atoms with van der Waals surface area (Å²) in [4.78, 5) is 2.78. The Morgan fingerprint density at radius 3 is 2.14 bits per heavy atom. The zero-order valence-corrected chi connectivity index (χ0v) is 15.1. The summed E-state index contributed by atoms with van der Waals surface area (Å²) >= 11 is 0. The van der Waals surface area contributed by atoms with Crippen LogP contribution >= 0.6 is 0 Å². The summed E-state index contributed by atoms with van der Waals surface area (Å²) in [5.41, 5.74) is 6.71. The molecule has 2 atom stereocenters. The predicted octanol–water partition coefficient (Wildman–Crippen LogP) is 4.29. The first-order valence-electron chi connectivity index (χ1n) is 9.30. The molecule has 2 rings (SSSR count). The van der Waals surface area contributed by atoms with Gasteiger partial charge in [0.25, 0.3) is 0 Å². The highest BCUT2D eigenvalue weighted by Gasteiger charge is 2.38. The van der Waals surface area contributed by atoms with Crippen LogP contribution in [0.3, 0.4) is 0 Å². The number of hydrogen-bond acceptors (Lipinski definition) is 2. The molecule has 2 unspecified atom stereocenters. The lowest BCUT2D eigenvalue weighted by molar-refractivity contribution is 0.0632. The van der Waals surface area contributed by atoms with Gasteiger partial charge in [0.05, 0.1) is 0 Å². The van der Waals surface area contributed by atoms with Crippen LogP contribution in [0.4, 0.5) is 0 Å². The average Bonchev–Trinajstić information content (AvgIpc) is 2.88. The Balaban J connectivity index is 1.97.